The highest BCUT2D eigenvalue weighted by atomic mass is 32.1. The molecule has 2 aromatic rings. The van der Waals surface area contributed by atoms with Gasteiger partial charge in [-0.2, -0.15) is 9.36 Å². The van der Waals surface area contributed by atoms with Gasteiger partial charge in [-0.15, -0.1) is 0 Å². The Labute approximate surface area is 177 Å². The predicted molar refractivity (Wildman–Crippen MR) is 118 cm³/mol. The van der Waals surface area contributed by atoms with Gasteiger partial charge < -0.3 is 14.5 Å². The van der Waals surface area contributed by atoms with Crippen LogP contribution in [0.25, 0.3) is 0 Å². The number of methoxy groups -OCH3 is 1. The first-order valence-electron chi connectivity index (χ1n) is 10.8. The Morgan fingerprint density at radius 3 is 2.66 bits per heavy atom. The van der Waals surface area contributed by atoms with Crippen LogP contribution in [0.3, 0.4) is 0 Å². The van der Waals surface area contributed by atoms with Gasteiger partial charge in [0.15, 0.2) is 0 Å². The topological polar surface area (TPSA) is 44.7 Å². The van der Waals surface area contributed by atoms with Gasteiger partial charge in [-0.25, -0.2) is 0 Å². The Morgan fingerprint density at radius 1 is 1.10 bits per heavy atom. The van der Waals surface area contributed by atoms with Crippen LogP contribution < -0.4 is 14.5 Å². The molecule has 3 saturated heterocycles. The number of anilines is 2. The lowest BCUT2D eigenvalue weighted by Gasteiger charge is -2.55. The van der Waals surface area contributed by atoms with Crippen LogP contribution in [0.1, 0.15) is 37.3 Å². The SMILES string of the molecule is COc1ccc([C@H]2CCC[C@H]3[C@@H]4C[C@@H](CN(c5nc(N(C)C)ns5)C4)CN23)cc1. The molecule has 4 atom stereocenters. The lowest BCUT2D eigenvalue weighted by Crippen LogP contribution is -2.59. The summed E-state index contributed by atoms with van der Waals surface area (Å²) in [5, 5.41) is 1.10. The summed E-state index contributed by atoms with van der Waals surface area (Å²) in [5.41, 5.74) is 1.45. The number of ether oxygens (including phenoxy) is 1. The molecule has 0 unspecified atom stereocenters. The first-order chi connectivity index (χ1) is 14.1. The molecule has 3 aliphatic heterocycles. The van der Waals surface area contributed by atoms with E-state index in [0.29, 0.717) is 12.1 Å². The number of piperidine rings is 3. The van der Waals surface area contributed by atoms with Gasteiger partial charge >= 0.3 is 0 Å². The molecule has 0 N–H and O–H groups in total. The number of benzene rings is 1. The van der Waals surface area contributed by atoms with Crippen molar-refractivity contribution >= 4 is 22.6 Å². The van der Waals surface area contributed by atoms with Gasteiger partial charge in [0, 0.05) is 57.3 Å². The Hall–Kier alpha value is -1.86. The van der Waals surface area contributed by atoms with E-state index in [1.165, 1.54) is 37.8 Å². The summed E-state index contributed by atoms with van der Waals surface area (Å²) in [6.07, 6.45) is 5.29. The van der Waals surface area contributed by atoms with Gasteiger partial charge in [0.05, 0.1) is 7.11 Å². The summed E-state index contributed by atoms with van der Waals surface area (Å²) in [7, 11) is 5.76. The average Bonchev–Trinajstić information content (AvgIpc) is 3.24. The Bertz CT molecular complexity index is 838. The number of aromatic nitrogens is 2. The fourth-order valence-corrected chi connectivity index (χ4v) is 6.42. The molecule has 0 amide bonds. The highest BCUT2D eigenvalue weighted by molar-refractivity contribution is 7.09. The van der Waals surface area contributed by atoms with E-state index in [9.17, 15) is 0 Å². The Morgan fingerprint density at radius 2 is 1.93 bits per heavy atom. The molecule has 156 valence electrons. The third-order valence-electron chi connectivity index (χ3n) is 6.96. The second-order valence-electron chi connectivity index (χ2n) is 9.02. The van der Waals surface area contributed by atoms with Crippen molar-refractivity contribution in [3.63, 3.8) is 0 Å². The number of hydrogen-bond acceptors (Lipinski definition) is 7. The van der Waals surface area contributed by atoms with Crippen LogP contribution in [-0.4, -0.2) is 61.1 Å². The quantitative estimate of drug-likeness (QED) is 0.762. The highest BCUT2D eigenvalue weighted by Crippen LogP contribution is 2.45. The average molecular weight is 414 g/mol. The van der Waals surface area contributed by atoms with E-state index in [4.69, 9.17) is 9.72 Å². The van der Waals surface area contributed by atoms with Crippen LogP contribution in [-0.2, 0) is 0 Å². The van der Waals surface area contributed by atoms with Crippen LogP contribution in [0.2, 0.25) is 0 Å². The maximum Gasteiger partial charge on any atom is 0.238 e. The van der Waals surface area contributed by atoms with Crippen molar-refractivity contribution in [1.29, 1.82) is 0 Å². The van der Waals surface area contributed by atoms with Crippen molar-refractivity contribution in [3.8, 4) is 5.75 Å². The molecule has 2 bridgehead atoms. The van der Waals surface area contributed by atoms with Gasteiger partial charge in [0.25, 0.3) is 0 Å². The lowest BCUT2D eigenvalue weighted by atomic mass is 9.74. The van der Waals surface area contributed by atoms with Crippen molar-refractivity contribution in [2.24, 2.45) is 11.8 Å². The van der Waals surface area contributed by atoms with Crippen molar-refractivity contribution in [2.45, 2.75) is 37.8 Å². The molecule has 0 aliphatic carbocycles. The fourth-order valence-electron chi connectivity index (χ4n) is 5.67. The van der Waals surface area contributed by atoms with Gasteiger partial charge in [0.2, 0.25) is 11.1 Å². The number of nitrogens with zero attached hydrogens (tertiary/aromatic N) is 5. The molecular formula is C22H31N5OS. The van der Waals surface area contributed by atoms with Gasteiger partial charge in [-0.1, -0.05) is 12.1 Å². The van der Waals surface area contributed by atoms with E-state index in [-0.39, 0.29) is 0 Å². The van der Waals surface area contributed by atoms with Crippen LogP contribution in [0.5, 0.6) is 5.75 Å². The first kappa shape index (κ1) is 19.1. The molecule has 1 aromatic heterocycles. The molecule has 0 saturated carbocycles. The molecule has 1 aromatic carbocycles. The minimum absolute atomic E-state index is 0.554. The summed E-state index contributed by atoms with van der Waals surface area (Å²) in [6.45, 7) is 3.43. The second kappa shape index (κ2) is 7.76. The normalized spacial score (nSPS) is 29.4. The van der Waals surface area contributed by atoms with Gasteiger partial charge in [-0.3, -0.25) is 4.90 Å². The third kappa shape index (κ3) is 3.59. The standard InChI is InChI=1S/C22H31N5OS/c1-25(2)21-23-22(29-24-21)26-12-15-11-17(14-26)20-6-4-5-19(27(20)13-15)16-7-9-18(28-3)10-8-16/h7-10,15,17,19-20H,4-6,11-14H2,1-3H3/t15-,17+,19+,20-/m0/s1. The summed E-state index contributed by atoms with van der Waals surface area (Å²) < 4.78 is 9.89. The molecule has 3 fully saturated rings. The maximum absolute atomic E-state index is 5.36. The summed E-state index contributed by atoms with van der Waals surface area (Å²) >= 11 is 1.55. The minimum Gasteiger partial charge on any atom is -0.497 e. The highest BCUT2D eigenvalue weighted by Gasteiger charge is 2.45. The number of hydrogen-bond donors (Lipinski definition) is 0. The second-order valence-corrected chi connectivity index (χ2v) is 9.75. The predicted octanol–water partition coefficient (Wildman–Crippen LogP) is 3.66. The zero-order valence-corrected chi connectivity index (χ0v) is 18.4. The molecule has 7 heteroatoms. The minimum atomic E-state index is 0.554. The van der Waals surface area contributed by atoms with E-state index in [1.807, 2.05) is 19.0 Å². The van der Waals surface area contributed by atoms with Crippen LogP contribution in [0, 0.1) is 11.8 Å². The third-order valence-corrected chi connectivity index (χ3v) is 7.73. The van der Waals surface area contributed by atoms with E-state index >= 15 is 0 Å². The van der Waals surface area contributed by atoms with Crippen molar-refractivity contribution in [1.82, 2.24) is 14.3 Å². The van der Waals surface area contributed by atoms with E-state index in [1.54, 1.807) is 18.6 Å². The van der Waals surface area contributed by atoms with Crippen LogP contribution in [0.4, 0.5) is 11.1 Å². The summed E-state index contributed by atoms with van der Waals surface area (Å²) in [5.74, 6) is 3.23. The fraction of sp³-hybridized carbons (Fsp3) is 0.636. The molecule has 0 spiro atoms. The molecule has 6 nitrogen and oxygen atoms in total. The van der Waals surface area contributed by atoms with Crippen molar-refractivity contribution in [3.05, 3.63) is 29.8 Å². The summed E-state index contributed by atoms with van der Waals surface area (Å²) in [6, 6.07) is 10.0. The van der Waals surface area contributed by atoms with Gasteiger partial charge in [-0.05, 0) is 55.2 Å². The molecule has 29 heavy (non-hydrogen) atoms. The largest absolute Gasteiger partial charge is 0.497 e. The number of fused-ring (bicyclic) bond motifs is 4. The van der Waals surface area contributed by atoms with Crippen LogP contribution in [0.15, 0.2) is 24.3 Å². The monoisotopic (exact) mass is 413 g/mol. The first-order valence-corrected chi connectivity index (χ1v) is 11.6. The van der Waals surface area contributed by atoms with Crippen molar-refractivity contribution in [2.75, 3.05) is 50.6 Å². The van der Waals surface area contributed by atoms with Gasteiger partial charge in [0.1, 0.15) is 5.75 Å². The molecular weight excluding hydrogens is 382 g/mol. The van der Waals surface area contributed by atoms with E-state index < -0.39 is 0 Å². The Kier molecular flexibility index (Phi) is 5.12. The van der Waals surface area contributed by atoms with E-state index in [2.05, 4.69) is 38.4 Å². The zero-order chi connectivity index (χ0) is 20.0. The Balaban J connectivity index is 1.34. The molecule has 3 aliphatic rings. The molecule has 5 rings (SSSR count). The zero-order valence-electron chi connectivity index (χ0n) is 17.6. The molecule has 4 heterocycles. The lowest BCUT2D eigenvalue weighted by molar-refractivity contribution is -0.0199. The summed E-state index contributed by atoms with van der Waals surface area (Å²) in [4.78, 5) is 12.1. The maximum atomic E-state index is 5.36. The van der Waals surface area contributed by atoms with E-state index in [0.717, 1.165) is 41.8 Å². The van der Waals surface area contributed by atoms with Crippen molar-refractivity contribution < 1.29 is 4.74 Å². The smallest absolute Gasteiger partial charge is 0.238 e. The van der Waals surface area contributed by atoms with Crippen LogP contribution >= 0.6 is 11.5 Å². The number of rotatable bonds is 4. The molecule has 0 radical (unpaired) electrons.